The molecular formula is C23H22F3N5O2S. The highest BCUT2D eigenvalue weighted by molar-refractivity contribution is 7.98. The van der Waals surface area contributed by atoms with Crippen molar-refractivity contribution in [3.05, 3.63) is 77.9 Å². The van der Waals surface area contributed by atoms with Crippen LogP contribution < -0.4 is 5.32 Å². The van der Waals surface area contributed by atoms with Crippen molar-refractivity contribution in [1.29, 1.82) is 0 Å². The number of imidazole rings is 2. The molecule has 4 aromatic rings. The first-order valence-electron chi connectivity index (χ1n) is 10.4. The number of para-hydroxylation sites is 2. The summed E-state index contributed by atoms with van der Waals surface area (Å²) < 4.78 is 41.8. The number of thioether (sulfide) groups is 1. The van der Waals surface area contributed by atoms with Gasteiger partial charge in [0.05, 0.1) is 11.0 Å². The van der Waals surface area contributed by atoms with E-state index in [1.807, 2.05) is 24.3 Å². The molecule has 2 aromatic carbocycles. The highest BCUT2D eigenvalue weighted by atomic mass is 32.2. The minimum absolute atomic E-state index is 0.310. The number of aliphatic hydroxyl groups is 1. The van der Waals surface area contributed by atoms with Crippen LogP contribution in [-0.4, -0.2) is 43.3 Å². The molecular weight excluding hydrogens is 467 g/mol. The number of carbonyl (C=O) groups is 1. The molecule has 7 nitrogen and oxygen atoms in total. The molecule has 3 N–H and O–H groups in total. The molecule has 0 spiro atoms. The number of H-pyrrole nitrogens is 1. The van der Waals surface area contributed by atoms with Crippen molar-refractivity contribution in [3.63, 3.8) is 0 Å². The molecule has 4 rings (SSSR count). The zero-order valence-corrected chi connectivity index (χ0v) is 19.0. The van der Waals surface area contributed by atoms with Gasteiger partial charge in [-0.3, -0.25) is 4.79 Å². The largest absolute Gasteiger partial charge is 0.424 e. The van der Waals surface area contributed by atoms with Crippen molar-refractivity contribution < 1.29 is 23.1 Å². The molecule has 0 aliphatic carbocycles. The molecule has 1 unspecified atom stereocenters. The second-order valence-corrected chi connectivity index (χ2v) is 8.73. The van der Waals surface area contributed by atoms with Gasteiger partial charge in [-0.2, -0.15) is 13.2 Å². The highest BCUT2D eigenvalue weighted by Crippen LogP contribution is 2.40. The van der Waals surface area contributed by atoms with Crippen molar-refractivity contribution in [1.82, 2.24) is 24.8 Å². The number of alkyl halides is 3. The molecule has 0 aliphatic heterocycles. The Labute approximate surface area is 197 Å². The van der Waals surface area contributed by atoms with Crippen LogP contribution in [0.15, 0.2) is 66.1 Å². The van der Waals surface area contributed by atoms with Crippen LogP contribution in [0.4, 0.5) is 13.2 Å². The van der Waals surface area contributed by atoms with E-state index in [2.05, 4.69) is 20.3 Å². The summed E-state index contributed by atoms with van der Waals surface area (Å²) in [6.45, 7) is -0.384. The number of benzene rings is 2. The van der Waals surface area contributed by atoms with Gasteiger partial charge in [0.25, 0.3) is 5.91 Å². The molecule has 0 radical (unpaired) electrons. The van der Waals surface area contributed by atoms with Gasteiger partial charge in [0, 0.05) is 43.7 Å². The van der Waals surface area contributed by atoms with Gasteiger partial charge in [0.1, 0.15) is 5.82 Å². The van der Waals surface area contributed by atoms with Crippen LogP contribution in [-0.2, 0) is 18.4 Å². The summed E-state index contributed by atoms with van der Waals surface area (Å²) in [6.07, 6.45) is -3.22. The number of fused-ring (bicyclic) bond motifs is 1. The maximum Gasteiger partial charge on any atom is 0.424 e. The Hall–Kier alpha value is -3.31. The van der Waals surface area contributed by atoms with Gasteiger partial charge in [0.2, 0.25) is 5.60 Å². The summed E-state index contributed by atoms with van der Waals surface area (Å²) in [5, 5.41) is 13.6. The predicted octanol–water partition coefficient (Wildman–Crippen LogP) is 4.16. The van der Waals surface area contributed by atoms with E-state index >= 15 is 0 Å². The third kappa shape index (κ3) is 4.95. The second-order valence-electron chi connectivity index (χ2n) is 7.77. The predicted molar refractivity (Wildman–Crippen MR) is 122 cm³/mol. The molecule has 1 amide bonds. The van der Waals surface area contributed by atoms with Gasteiger partial charge >= 0.3 is 6.18 Å². The minimum Gasteiger partial charge on any atom is -0.374 e. The van der Waals surface area contributed by atoms with E-state index in [9.17, 15) is 23.1 Å². The lowest BCUT2D eigenvalue weighted by molar-refractivity contribution is -0.272. The van der Waals surface area contributed by atoms with E-state index in [1.165, 1.54) is 31.2 Å². The molecule has 0 aliphatic rings. The van der Waals surface area contributed by atoms with E-state index in [4.69, 9.17) is 0 Å². The maximum atomic E-state index is 13.6. The summed E-state index contributed by atoms with van der Waals surface area (Å²) in [7, 11) is 1.37. The van der Waals surface area contributed by atoms with Crippen molar-refractivity contribution in [3.8, 4) is 0 Å². The number of hydrogen-bond acceptors (Lipinski definition) is 5. The molecule has 34 heavy (non-hydrogen) atoms. The number of aryl methyl sites for hydroxylation is 1. The number of aromatic amines is 1. The lowest BCUT2D eigenvalue weighted by atomic mass is 9.97. The molecule has 1 atom stereocenters. The minimum atomic E-state index is -4.95. The fourth-order valence-corrected chi connectivity index (χ4v) is 4.35. The van der Waals surface area contributed by atoms with Crippen molar-refractivity contribution in [2.24, 2.45) is 7.05 Å². The number of nitrogens with zero attached hydrogens (tertiary/aromatic N) is 3. The number of amides is 1. The maximum absolute atomic E-state index is 13.6. The Morgan fingerprint density at radius 2 is 1.91 bits per heavy atom. The van der Waals surface area contributed by atoms with Crippen LogP contribution >= 0.6 is 11.8 Å². The number of carbonyl (C=O) groups excluding carboxylic acids is 1. The summed E-state index contributed by atoms with van der Waals surface area (Å²) in [5.41, 5.74) is -0.0565. The van der Waals surface area contributed by atoms with Gasteiger partial charge in [0.15, 0.2) is 5.16 Å². The van der Waals surface area contributed by atoms with Gasteiger partial charge in [-0.15, -0.1) is 0 Å². The fraction of sp³-hybridized carbons (Fsp3) is 0.261. The SMILES string of the molecule is Cn1ccnc1C(O)(CCNC(=O)c1ccc(CSc2nc3ccccc3[nH]2)cc1)C(F)(F)F. The number of nitrogens with one attached hydrogen (secondary N) is 2. The van der Waals surface area contributed by atoms with Crippen LogP contribution in [0.2, 0.25) is 0 Å². The molecule has 2 heterocycles. The quantitative estimate of drug-likeness (QED) is 0.323. The lowest BCUT2D eigenvalue weighted by Crippen LogP contribution is -2.46. The Bertz CT molecular complexity index is 1250. The second kappa shape index (κ2) is 9.51. The first-order valence-corrected chi connectivity index (χ1v) is 11.4. The normalized spacial score (nSPS) is 13.7. The van der Waals surface area contributed by atoms with E-state index in [1.54, 1.807) is 24.3 Å². The third-order valence-corrected chi connectivity index (χ3v) is 6.34. The molecule has 0 saturated heterocycles. The molecule has 11 heteroatoms. The zero-order chi connectivity index (χ0) is 24.3. The van der Waals surface area contributed by atoms with Gasteiger partial charge in [-0.05, 0) is 29.8 Å². The molecule has 178 valence electrons. The summed E-state index contributed by atoms with van der Waals surface area (Å²) >= 11 is 1.52. The van der Waals surface area contributed by atoms with Crippen LogP contribution in [0.5, 0.6) is 0 Å². The van der Waals surface area contributed by atoms with E-state index in [0.717, 1.165) is 26.3 Å². The average Bonchev–Trinajstić information content (AvgIpc) is 3.43. The van der Waals surface area contributed by atoms with E-state index < -0.39 is 29.9 Å². The summed E-state index contributed by atoms with van der Waals surface area (Å²) in [4.78, 5) is 23.8. The zero-order valence-electron chi connectivity index (χ0n) is 18.1. The van der Waals surface area contributed by atoms with Crippen LogP contribution in [0.25, 0.3) is 11.0 Å². The van der Waals surface area contributed by atoms with E-state index in [-0.39, 0.29) is 6.54 Å². The third-order valence-electron chi connectivity index (χ3n) is 5.39. The van der Waals surface area contributed by atoms with Crippen LogP contribution in [0.1, 0.15) is 28.2 Å². The first kappa shape index (κ1) is 23.8. The van der Waals surface area contributed by atoms with Crippen LogP contribution in [0, 0.1) is 0 Å². The number of hydrogen-bond donors (Lipinski definition) is 3. The topological polar surface area (TPSA) is 95.8 Å². The number of rotatable bonds is 8. The first-order chi connectivity index (χ1) is 16.2. The molecule has 2 aromatic heterocycles. The molecule has 0 saturated carbocycles. The molecule has 0 bridgehead atoms. The molecule has 0 fully saturated rings. The Morgan fingerprint density at radius 3 is 2.56 bits per heavy atom. The standard InChI is InChI=1S/C23H22F3N5O2S/c1-31-13-12-28-20(31)22(33,23(24,25)26)10-11-27-19(32)16-8-6-15(7-9-16)14-34-21-29-17-4-2-3-5-18(17)30-21/h2-9,12-13,33H,10-11,14H2,1H3,(H,27,32)(H,29,30). The van der Waals surface area contributed by atoms with Crippen molar-refractivity contribution in [2.45, 2.75) is 29.1 Å². The van der Waals surface area contributed by atoms with Gasteiger partial charge in [-0.25, -0.2) is 9.97 Å². The van der Waals surface area contributed by atoms with E-state index in [0.29, 0.717) is 11.3 Å². The smallest absolute Gasteiger partial charge is 0.374 e. The van der Waals surface area contributed by atoms with Gasteiger partial charge in [-0.1, -0.05) is 36.0 Å². The van der Waals surface area contributed by atoms with Crippen LogP contribution in [0.3, 0.4) is 0 Å². The Kier molecular flexibility index (Phi) is 6.67. The Morgan fingerprint density at radius 1 is 1.18 bits per heavy atom. The van der Waals surface area contributed by atoms with Gasteiger partial charge < -0.3 is 20.0 Å². The average molecular weight is 490 g/mol. The highest BCUT2D eigenvalue weighted by Gasteiger charge is 2.57. The summed E-state index contributed by atoms with van der Waals surface area (Å²) in [6, 6.07) is 14.5. The number of aromatic nitrogens is 4. The summed E-state index contributed by atoms with van der Waals surface area (Å²) in [5.74, 6) is -0.425. The van der Waals surface area contributed by atoms with Crippen molar-refractivity contribution in [2.75, 3.05) is 6.54 Å². The monoisotopic (exact) mass is 489 g/mol. The number of halogens is 3. The Balaban J connectivity index is 1.33. The fourth-order valence-electron chi connectivity index (χ4n) is 3.51. The van der Waals surface area contributed by atoms with Crippen molar-refractivity contribution >= 4 is 28.7 Å². The lowest BCUT2D eigenvalue weighted by Gasteiger charge is -2.30.